The number of benzene rings is 1. The summed E-state index contributed by atoms with van der Waals surface area (Å²) in [6.07, 6.45) is 0.339. The molecule has 0 spiro atoms. The molecule has 6 heteroatoms. The highest BCUT2D eigenvalue weighted by Crippen LogP contribution is 2.23. The van der Waals surface area contributed by atoms with E-state index in [1.807, 2.05) is 52.0 Å². The van der Waals surface area contributed by atoms with E-state index in [9.17, 15) is 4.79 Å². The van der Waals surface area contributed by atoms with Crippen molar-refractivity contribution in [3.8, 4) is 0 Å². The van der Waals surface area contributed by atoms with Crippen molar-refractivity contribution in [2.45, 2.75) is 40.2 Å². The van der Waals surface area contributed by atoms with Gasteiger partial charge in [0, 0.05) is 17.5 Å². The molecule has 0 bridgehead atoms. The first-order chi connectivity index (χ1) is 10.9. The van der Waals surface area contributed by atoms with E-state index < -0.39 is 0 Å². The number of aryl methyl sites for hydroxylation is 3. The van der Waals surface area contributed by atoms with Gasteiger partial charge in [-0.05, 0) is 52.0 Å². The molecule has 120 valence electrons. The van der Waals surface area contributed by atoms with Crippen LogP contribution in [0.15, 0.2) is 28.7 Å². The van der Waals surface area contributed by atoms with Crippen molar-refractivity contribution in [3.63, 3.8) is 0 Å². The molecule has 1 N–H and O–H groups in total. The average Bonchev–Trinajstić information content (AvgIpc) is 2.99. The Labute approximate surface area is 134 Å². The highest BCUT2D eigenvalue weighted by atomic mass is 16.3. The number of hydrogen-bond acceptors (Lipinski definition) is 4. The van der Waals surface area contributed by atoms with Crippen LogP contribution < -0.4 is 5.32 Å². The number of aromatic nitrogens is 3. The van der Waals surface area contributed by atoms with E-state index >= 15 is 0 Å². The maximum absolute atomic E-state index is 12.3. The number of amides is 1. The number of rotatable bonds is 4. The molecule has 1 amide bonds. The second-order valence-corrected chi connectivity index (χ2v) is 5.86. The van der Waals surface area contributed by atoms with Gasteiger partial charge in [0.15, 0.2) is 0 Å². The van der Waals surface area contributed by atoms with Gasteiger partial charge in [0.2, 0.25) is 5.91 Å². The van der Waals surface area contributed by atoms with Crippen LogP contribution in [-0.4, -0.2) is 20.7 Å². The molecule has 0 fully saturated rings. The van der Waals surface area contributed by atoms with Crippen molar-refractivity contribution in [1.82, 2.24) is 14.8 Å². The standard InChI is InChI=1S/C17H20N4O2/c1-10(21-13(4)18-12(3)20-21)7-17(22)19-15-5-6-16-14(9-15)8-11(2)23-16/h5-6,8-10H,7H2,1-4H3,(H,19,22). The maximum atomic E-state index is 12.3. The normalized spacial score (nSPS) is 12.5. The van der Waals surface area contributed by atoms with E-state index in [4.69, 9.17) is 4.42 Å². The predicted molar refractivity (Wildman–Crippen MR) is 88.4 cm³/mol. The lowest BCUT2D eigenvalue weighted by molar-refractivity contribution is -0.116. The van der Waals surface area contributed by atoms with Gasteiger partial charge in [0.1, 0.15) is 23.0 Å². The summed E-state index contributed by atoms with van der Waals surface area (Å²) in [4.78, 5) is 16.5. The third-order valence-electron chi connectivity index (χ3n) is 3.73. The Morgan fingerprint density at radius 1 is 1.30 bits per heavy atom. The zero-order valence-corrected chi connectivity index (χ0v) is 13.8. The summed E-state index contributed by atoms with van der Waals surface area (Å²) < 4.78 is 7.32. The number of carbonyl (C=O) groups is 1. The van der Waals surface area contributed by atoms with E-state index in [0.29, 0.717) is 6.42 Å². The monoisotopic (exact) mass is 312 g/mol. The molecule has 1 atom stereocenters. The van der Waals surface area contributed by atoms with E-state index in [-0.39, 0.29) is 11.9 Å². The zero-order chi connectivity index (χ0) is 16.6. The fourth-order valence-corrected chi connectivity index (χ4v) is 2.77. The first kappa shape index (κ1) is 15.3. The smallest absolute Gasteiger partial charge is 0.226 e. The summed E-state index contributed by atoms with van der Waals surface area (Å²) in [6, 6.07) is 7.54. The molecule has 0 aliphatic heterocycles. The van der Waals surface area contributed by atoms with Crippen molar-refractivity contribution in [3.05, 3.63) is 41.7 Å². The summed E-state index contributed by atoms with van der Waals surface area (Å²) in [6.45, 7) is 7.60. The SMILES string of the molecule is Cc1nc(C)n(C(C)CC(=O)Nc2ccc3oc(C)cc3c2)n1. The molecule has 0 saturated heterocycles. The van der Waals surface area contributed by atoms with E-state index in [1.54, 1.807) is 4.68 Å². The van der Waals surface area contributed by atoms with Crippen LogP contribution in [0.4, 0.5) is 5.69 Å². The van der Waals surface area contributed by atoms with E-state index in [0.717, 1.165) is 34.1 Å². The Morgan fingerprint density at radius 2 is 2.09 bits per heavy atom. The number of nitrogens with one attached hydrogen (secondary N) is 1. The number of fused-ring (bicyclic) bond motifs is 1. The maximum Gasteiger partial charge on any atom is 0.226 e. The molecule has 3 aromatic rings. The summed E-state index contributed by atoms with van der Waals surface area (Å²) >= 11 is 0. The molecule has 6 nitrogen and oxygen atoms in total. The lowest BCUT2D eigenvalue weighted by Gasteiger charge is -2.13. The molecule has 0 radical (unpaired) electrons. The molecular weight excluding hydrogens is 292 g/mol. The fraction of sp³-hybridized carbons (Fsp3) is 0.353. The summed E-state index contributed by atoms with van der Waals surface area (Å²) in [5.41, 5.74) is 1.59. The Morgan fingerprint density at radius 3 is 2.78 bits per heavy atom. The van der Waals surface area contributed by atoms with Crippen molar-refractivity contribution in [1.29, 1.82) is 0 Å². The number of hydrogen-bond donors (Lipinski definition) is 1. The quantitative estimate of drug-likeness (QED) is 0.799. The third-order valence-corrected chi connectivity index (χ3v) is 3.73. The Balaban J connectivity index is 1.69. The largest absolute Gasteiger partial charge is 0.461 e. The van der Waals surface area contributed by atoms with Crippen LogP contribution in [0.2, 0.25) is 0 Å². The van der Waals surface area contributed by atoms with Crippen molar-refractivity contribution < 1.29 is 9.21 Å². The molecule has 1 aromatic carbocycles. The number of furan rings is 1. The van der Waals surface area contributed by atoms with Gasteiger partial charge in [0.05, 0.1) is 6.04 Å². The van der Waals surface area contributed by atoms with Crippen LogP contribution in [-0.2, 0) is 4.79 Å². The van der Waals surface area contributed by atoms with Crippen LogP contribution in [0.1, 0.15) is 36.8 Å². The Bertz CT molecular complexity index is 863. The molecule has 2 aromatic heterocycles. The molecule has 2 heterocycles. The molecule has 0 aliphatic carbocycles. The predicted octanol–water partition coefficient (Wildman–Crippen LogP) is 3.54. The summed E-state index contributed by atoms with van der Waals surface area (Å²) in [5, 5.41) is 8.24. The van der Waals surface area contributed by atoms with Crippen LogP contribution in [0.3, 0.4) is 0 Å². The van der Waals surface area contributed by atoms with Gasteiger partial charge >= 0.3 is 0 Å². The molecule has 1 unspecified atom stereocenters. The fourth-order valence-electron chi connectivity index (χ4n) is 2.77. The molecule has 3 rings (SSSR count). The highest BCUT2D eigenvalue weighted by molar-refractivity contribution is 5.93. The minimum absolute atomic E-state index is 0.0453. The zero-order valence-electron chi connectivity index (χ0n) is 13.8. The Kier molecular flexibility index (Phi) is 3.90. The van der Waals surface area contributed by atoms with Crippen LogP contribution in [0, 0.1) is 20.8 Å². The molecule has 0 aliphatic rings. The first-order valence-electron chi connectivity index (χ1n) is 7.62. The van der Waals surface area contributed by atoms with Gasteiger partial charge in [0.25, 0.3) is 0 Å². The van der Waals surface area contributed by atoms with E-state index in [1.165, 1.54) is 0 Å². The lowest BCUT2D eigenvalue weighted by atomic mass is 10.2. The average molecular weight is 312 g/mol. The van der Waals surface area contributed by atoms with Gasteiger partial charge in [-0.25, -0.2) is 9.67 Å². The minimum atomic E-state index is -0.0513. The summed E-state index contributed by atoms with van der Waals surface area (Å²) in [7, 11) is 0. The minimum Gasteiger partial charge on any atom is -0.461 e. The Hall–Kier alpha value is -2.63. The van der Waals surface area contributed by atoms with Gasteiger partial charge in [-0.2, -0.15) is 5.10 Å². The van der Waals surface area contributed by atoms with Crippen molar-refractivity contribution in [2.75, 3.05) is 5.32 Å². The second kappa shape index (κ2) is 5.87. The molecule has 0 saturated carbocycles. The van der Waals surface area contributed by atoms with Gasteiger partial charge in [-0.3, -0.25) is 4.79 Å². The second-order valence-electron chi connectivity index (χ2n) is 5.86. The summed E-state index contributed by atoms with van der Waals surface area (Å²) in [5.74, 6) is 2.34. The van der Waals surface area contributed by atoms with Crippen LogP contribution in [0.5, 0.6) is 0 Å². The van der Waals surface area contributed by atoms with Crippen LogP contribution in [0.25, 0.3) is 11.0 Å². The topological polar surface area (TPSA) is 73.0 Å². The molecular formula is C17H20N4O2. The van der Waals surface area contributed by atoms with Gasteiger partial charge in [-0.1, -0.05) is 0 Å². The number of nitrogens with zero attached hydrogens (tertiary/aromatic N) is 3. The van der Waals surface area contributed by atoms with Crippen LogP contribution >= 0.6 is 0 Å². The van der Waals surface area contributed by atoms with Gasteiger partial charge < -0.3 is 9.73 Å². The first-order valence-corrected chi connectivity index (χ1v) is 7.62. The van der Waals surface area contributed by atoms with E-state index in [2.05, 4.69) is 15.4 Å². The number of anilines is 1. The van der Waals surface area contributed by atoms with Crippen molar-refractivity contribution >= 4 is 22.6 Å². The lowest BCUT2D eigenvalue weighted by Crippen LogP contribution is -2.19. The van der Waals surface area contributed by atoms with Crippen molar-refractivity contribution in [2.24, 2.45) is 0 Å². The number of carbonyl (C=O) groups excluding carboxylic acids is 1. The molecule has 23 heavy (non-hydrogen) atoms. The van der Waals surface area contributed by atoms with Gasteiger partial charge in [-0.15, -0.1) is 0 Å². The third kappa shape index (κ3) is 3.26. The highest BCUT2D eigenvalue weighted by Gasteiger charge is 2.15.